The van der Waals surface area contributed by atoms with Crippen LogP contribution in [-0.2, 0) is 6.42 Å². The van der Waals surface area contributed by atoms with Gasteiger partial charge in [0.25, 0.3) is 0 Å². The number of halogens is 2. The van der Waals surface area contributed by atoms with Gasteiger partial charge in [0.1, 0.15) is 5.82 Å². The summed E-state index contributed by atoms with van der Waals surface area (Å²) < 4.78 is 14.2. The SMILES string of the molecule is CC(C)(C)C1CCC(N)C(Cc2cccc(F)c2Br)C1. The fourth-order valence-corrected chi connectivity index (χ4v) is 3.72. The van der Waals surface area contributed by atoms with Gasteiger partial charge in [-0.3, -0.25) is 0 Å². The Morgan fingerprint density at radius 1 is 1.30 bits per heavy atom. The van der Waals surface area contributed by atoms with Gasteiger partial charge in [0, 0.05) is 6.04 Å². The lowest BCUT2D eigenvalue weighted by molar-refractivity contribution is 0.126. The largest absolute Gasteiger partial charge is 0.327 e. The van der Waals surface area contributed by atoms with Crippen LogP contribution in [0.5, 0.6) is 0 Å². The summed E-state index contributed by atoms with van der Waals surface area (Å²) in [5.41, 5.74) is 7.68. The van der Waals surface area contributed by atoms with E-state index in [-0.39, 0.29) is 11.9 Å². The third-order valence-corrected chi connectivity index (χ3v) is 5.67. The van der Waals surface area contributed by atoms with E-state index in [2.05, 4.69) is 36.7 Å². The molecule has 1 aliphatic carbocycles. The highest BCUT2D eigenvalue weighted by molar-refractivity contribution is 9.10. The molecule has 0 bridgehead atoms. The maximum atomic E-state index is 13.6. The molecule has 3 atom stereocenters. The maximum Gasteiger partial charge on any atom is 0.137 e. The molecule has 1 saturated carbocycles. The molecule has 0 amide bonds. The zero-order valence-electron chi connectivity index (χ0n) is 12.6. The van der Waals surface area contributed by atoms with Gasteiger partial charge in [0.2, 0.25) is 0 Å². The molecular formula is C17H25BrFN. The van der Waals surface area contributed by atoms with E-state index in [1.165, 1.54) is 12.5 Å². The van der Waals surface area contributed by atoms with Crippen LogP contribution in [0.3, 0.4) is 0 Å². The van der Waals surface area contributed by atoms with Crippen molar-refractivity contribution in [1.29, 1.82) is 0 Å². The van der Waals surface area contributed by atoms with Crippen LogP contribution < -0.4 is 5.73 Å². The predicted octanol–water partition coefficient (Wildman–Crippen LogP) is 4.92. The van der Waals surface area contributed by atoms with E-state index in [1.54, 1.807) is 6.07 Å². The Balaban J connectivity index is 2.12. The van der Waals surface area contributed by atoms with Crippen molar-refractivity contribution < 1.29 is 4.39 Å². The van der Waals surface area contributed by atoms with Crippen LogP contribution in [0.15, 0.2) is 22.7 Å². The minimum absolute atomic E-state index is 0.181. The fourth-order valence-electron chi connectivity index (χ4n) is 3.30. The summed E-state index contributed by atoms with van der Waals surface area (Å²) in [6, 6.07) is 5.52. The van der Waals surface area contributed by atoms with E-state index < -0.39 is 0 Å². The molecule has 20 heavy (non-hydrogen) atoms. The lowest BCUT2D eigenvalue weighted by Gasteiger charge is -2.41. The highest BCUT2D eigenvalue weighted by Gasteiger charge is 2.34. The molecular weight excluding hydrogens is 317 g/mol. The number of hydrogen-bond acceptors (Lipinski definition) is 1. The Morgan fingerprint density at radius 2 is 2.00 bits per heavy atom. The van der Waals surface area contributed by atoms with E-state index in [4.69, 9.17) is 5.73 Å². The second-order valence-corrected chi connectivity index (χ2v) is 8.01. The van der Waals surface area contributed by atoms with Crippen molar-refractivity contribution in [1.82, 2.24) is 0 Å². The second-order valence-electron chi connectivity index (χ2n) is 7.22. The quantitative estimate of drug-likeness (QED) is 0.811. The highest BCUT2D eigenvalue weighted by Crippen LogP contribution is 2.41. The summed E-state index contributed by atoms with van der Waals surface area (Å²) in [5, 5.41) is 0. The number of benzene rings is 1. The lowest BCUT2D eigenvalue weighted by Crippen LogP contribution is -2.40. The molecule has 1 aromatic carbocycles. The number of nitrogens with two attached hydrogens (primary N) is 1. The first-order valence-corrected chi connectivity index (χ1v) is 8.27. The standard InChI is InChI=1S/C17H25BrFN/c1-17(2,3)13-7-8-15(20)12(10-13)9-11-5-4-6-14(19)16(11)18/h4-6,12-13,15H,7-10,20H2,1-3H3. The van der Waals surface area contributed by atoms with Gasteiger partial charge in [-0.2, -0.15) is 0 Å². The van der Waals surface area contributed by atoms with Crippen molar-refractivity contribution >= 4 is 15.9 Å². The van der Waals surface area contributed by atoms with Gasteiger partial charge in [0.05, 0.1) is 4.47 Å². The third-order valence-electron chi connectivity index (χ3n) is 4.78. The van der Waals surface area contributed by atoms with Crippen LogP contribution in [0, 0.1) is 23.1 Å². The lowest BCUT2D eigenvalue weighted by atomic mass is 9.66. The van der Waals surface area contributed by atoms with Gasteiger partial charge in [-0.05, 0) is 70.5 Å². The summed E-state index contributed by atoms with van der Waals surface area (Å²) >= 11 is 3.37. The summed E-state index contributed by atoms with van der Waals surface area (Å²) in [7, 11) is 0. The zero-order chi connectivity index (χ0) is 14.9. The molecule has 112 valence electrons. The molecule has 1 aliphatic rings. The minimum Gasteiger partial charge on any atom is -0.327 e. The molecule has 0 radical (unpaired) electrons. The molecule has 0 heterocycles. The van der Waals surface area contributed by atoms with E-state index >= 15 is 0 Å². The van der Waals surface area contributed by atoms with Crippen molar-refractivity contribution in [2.45, 2.75) is 52.5 Å². The van der Waals surface area contributed by atoms with E-state index in [9.17, 15) is 4.39 Å². The van der Waals surface area contributed by atoms with E-state index in [0.717, 1.165) is 24.8 Å². The van der Waals surface area contributed by atoms with Gasteiger partial charge >= 0.3 is 0 Å². The smallest absolute Gasteiger partial charge is 0.137 e. The summed E-state index contributed by atoms with van der Waals surface area (Å²) in [6.07, 6.45) is 4.31. The molecule has 3 heteroatoms. The van der Waals surface area contributed by atoms with Crippen LogP contribution in [0.25, 0.3) is 0 Å². The fraction of sp³-hybridized carbons (Fsp3) is 0.647. The predicted molar refractivity (Wildman–Crippen MR) is 86.1 cm³/mol. The first-order valence-electron chi connectivity index (χ1n) is 7.47. The third kappa shape index (κ3) is 3.62. The molecule has 1 nitrogen and oxygen atoms in total. The van der Waals surface area contributed by atoms with E-state index in [1.807, 2.05) is 6.07 Å². The van der Waals surface area contributed by atoms with Crippen LogP contribution in [0.1, 0.15) is 45.6 Å². The van der Waals surface area contributed by atoms with Gasteiger partial charge in [0.15, 0.2) is 0 Å². The normalized spacial score (nSPS) is 27.6. The van der Waals surface area contributed by atoms with Crippen molar-refractivity contribution in [3.05, 3.63) is 34.1 Å². The van der Waals surface area contributed by atoms with Crippen molar-refractivity contribution in [2.24, 2.45) is 23.0 Å². The Morgan fingerprint density at radius 3 is 2.65 bits per heavy atom. The summed E-state index contributed by atoms with van der Waals surface area (Å²) in [5.74, 6) is 0.977. The first kappa shape index (κ1) is 16.0. The molecule has 2 N–H and O–H groups in total. The topological polar surface area (TPSA) is 26.0 Å². The maximum absolute atomic E-state index is 13.6. The van der Waals surface area contributed by atoms with Gasteiger partial charge < -0.3 is 5.73 Å². The van der Waals surface area contributed by atoms with Crippen LogP contribution in [0.4, 0.5) is 4.39 Å². The Hall–Kier alpha value is -0.410. The van der Waals surface area contributed by atoms with Crippen LogP contribution in [-0.4, -0.2) is 6.04 Å². The molecule has 0 saturated heterocycles. The van der Waals surface area contributed by atoms with Crippen molar-refractivity contribution in [2.75, 3.05) is 0 Å². The first-order chi connectivity index (χ1) is 9.29. The van der Waals surface area contributed by atoms with Gasteiger partial charge in [-0.25, -0.2) is 4.39 Å². The Kier molecular flexibility index (Phi) is 4.91. The summed E-state index contributed by atoms with van der Waals surface area (Å²) in [4.78, 5) is 0. The average molecular weight is 342 g/mol. The molecule has 0 aliphatic heterocycles. The number of hydrogen-bond donors (Lipinski definition) is 1. The van der Waals surface area contributed by atoms with Crippen molar-refractivity contribution in [3.63, 3.8) is 0 Å². The molecule has 0 spiro atoms. The number of rotatable bonds is 2. The Labute approximate surface area is 130 Å². The monoisotopic (exact) mass is 341 g/mol. The molecule has 1 fully saturated rings. The van der Waals surface area contributed by atoms with Crippen LogP contribution >= 0.6 is 15.9 Å². The molecule has 2 rings (SSSR count). The van der Waals surface area contributed by atoms with Gasteiger partial charge in [-0.1, -0.05) is 32.9 Å². The van der Waals surface area contributed by atoms with Crippen molar-refractivity contribution in [3.8, 4) is 0 Å². The highest BCUT2D eigenvalue weighted by atomic mass is 79.9. The molecule has 1 aromatic rings. The second kappa shape index (κ2) is 6.15. The minimum atomic E-state index is -0.181. The van der Waals surface area contributed by atoms with Crippen LogP contribution in [0.2, 0.25) is 0 Å². The van der Waals surface area contributed by atoms with Gasteiger partial charge in [-0.15, -0.1) is 0 Å². The summed E-state index contributed by atoms with van der Waals surface area (Å²) in [6.45, 7) is 6.93. The Bertz CT molecular complexity index is 467. The molecule has 0 aromatic heterocycles. The van der Waals surface area contributed by atoms with E-state index in [0.29, 0.717) is 21.7 Å². The zero-order valence-corrected chi connectivity index (χ0v) is 14.2. The average Bonchev–Trinajstić information content (AvgIpc) is 2.36. The molecule has 3 unspecified atom stereocenters.